The summed E-state index contributed by atoms with van der Waals surface area (Å²) in [6.07, 6.45) is 7.42. The number of piperidine rings is 1. The highest BCUT2D eigenvalue weighted by molar-refractivity contribution is 5.96. The highest BCUT2D eigenvalue weighted by atomic mass is 16.1. The number of rotatable bonds is 8. The van der Waals surface area contributed by atoms with Crippen molar-refractivity contribution in [1.82, 2.24) is 14.9 Å². The van der Waals surface area contributed by atoms with E-state index in [4.69, 9.17) is 5.73 Å². The maximum atomic E-state index is 12.7. The molecule has 1 saturated carbocycles. The predicted molar refractivity (Wildman–Crippen MR) is 129 cm³/mol. The van der Waals surface area contributed by atoms with Crippen molar-refractivity contribution in [3.8, 4) is 6.07 Å². The van der Waals surface area contributed by atoms with Crippen LogP contribution in [-0.2, 0) is 11.2 Å². The Morgan fingerprint density at radius 2 is 1.91 bits per heavy atom. The number of primary amides is 1. The number of carbonyl (C=O) groups is 2. The summed E-state index contributed by atoms with van der Waals surface area (Å²) in [5.41, 5.74) is 8.08. The lowest BCUT2D eigenvalue weighted by Crippen LogP contribution is -2.31. The molecule has 8 heteroatoms. The van der Waals surface area contributed by atoms with Gasteiger partial charge in [0.05, 0.1) is 17.5 Å². The van der Waals surface area contributed by atoms with Crippen molar-refractivity contribution in [2.24, 2.45) is 23.5 Å². The molecule has 2 fully saturated rings. The molecular formula is C26H32N6O2. The Labute approximate surface area is 200 Å². The summed E-state index contributed by atoms with van der Waals surface area (Å²) in [5.74, 6) is 0.672. The molecule has 1 saturated heterocycles. The fourth-order valence-electron chi connectivity index (χ4n) is 5.15. The van der Waals surface area contributed by atoms with E-state index in [1.54, 1.807) is 0 Å². The fourth-order valence-corrected chi connectivity index (χ4v) is 5.15. The first-order valence-electron chi connectivity index (χ1n) is 12.1. The Balaban J connectivity index is 1.40. The molecular weight excluding hydrogens is 428 g/mol. The van der Waals surface area contributed by atoms with Gasteiger partial charge in [-0.1, -0.05) is 6.42 Å². The van der Waals surface area contributed by atoms with Gasteiger partial charge < -0.3 is 16.0 Å². The van der Waals surface area contributed by atoms with Gasteiger partial charge in [0.2, 0.25) is 11.9 Å². The topological polar surface area (TPSA) is 125 Å². The molecule has 2 aliphatic rings. The van der Waals surface area contributed by atoms with Crippen molar-refractivity contribution < 1.29 is 9.59 Å². The van der Waals surface area contributed by atoms with Crippen molar-refractivity contribution in [2.75, 3.05) is 25.5 Å². The highest BCUT2D eigenvalue weighted by Crippen LogP contribution is 2.34. The molecule has 3 N–H and O–H groups in total. The molecule has 2 heterocycles. The van der Waals surface area contributed by atoms with E-state index in [1.165, 1.54) is 6.20 Å². The molecule has 1 amide bonds. The summed E-state index contributed by atoms with van der Waals surface area (Å²) in [7, 11) is 2.12. The largest absolute Gasteiger partial charge is 0.369 e. The lowest BCUT2D eigenvalue weighted by atomic mass is 9.90. The zero-order valence-corrected chi connectivity index (χ0v) is 19.7. The van der Waals surface area contributed by atoms with Gasteiger partial charge in [0.25, 0.3) is 0 Å². The van der Waals surface area contributed by atoms with Crippen molar-refractivity contribution in [2.45, 2.75) is 44.9 Å². The normalized spacial score (nSPS) is 21.2. The molecule has 0 unspecified atom stereocenters. The van der Waals surface area contributed by atoms with Gasteiger partial charge in [-0.05, 0) is 88.3 Å². The van der Waals surface area contributed by atoms with Crippen LogP contribution in [0.2, 0.25) is 0 Å². The van der Waals surface area contributed by atoms with Crippen LogP contribution in [0, 0.1) is 29.1 Å². The maximum absolute atomic E-state index is 12.7. The zero-order valence-electron chi connectivity index (χ0n) is 19.7. The minimum absolute atomic E-state index is 0.0993. The van der Waals surface area contributed by atoms with Crippen LogP contribution in [0.5, 0.6) is 0 Å². The summed E-state index contributed by atoms with van der Waals surface area (Å²) in [5, 5.41) is 12.7. The average Bonchev–Trinajstić information content (AvgIpc) is 3.30. The van der Waals surface area contributed by atoms with E-state index in [9.17, 15) is 14.9 Å². The lowest BCUT2D eigenvalue weighted by Gasteiger charge is -2.28. The summed E-state index contributed by atoms with van der Waals surface area (Å²) < 4.78 is 0. The van der Waals surface area contributed by atoms with E-state index in [2.05, 4.69) is 33.3 Å². The third-order valence-electron chi connectivity index (χ3n) is 7.24. The number of Topliss-reactive ketones (excluding diaryl/α,β-unsaturated/α-hetero) is 1. The smallest absolute Gasteiger partial charge is 0.227 e. The molecule has 2 atom stereocenters. The fraction of sp³-hybridized carbons (Fsp3) is 0.500. The molecule has 178 valence electrons. The SMILES string of the molecule is CN1CCC(CC(=O)c2ccc(Nc3ncc(C#N)c(C[C@@H]4CCC[C@@H]4C(N)=O)n3)cc2)CC1. The number of hydrogen-bond acceptors (Lipinski definition) is 7. The van der Waals surface area contributed by atoms with Gasteiger partial charge >= 0.3 is 0 Å². The van der Waals surface area contributed by atoms with Gasteiger partial charge in [0.15, 0.2) is 5.78 Å². The maximum Gasteiger partial charge on any atom is 0.227 e. The van der Waals surface area contributed by atoms with E-state index < -0.39 is 0 Å². The number of nitrogens with two attached hydrogens (primary N) is 1. The van der Waals surface area contributed by atoms with E-state index in [-0.39, 0.29) is 23.5 Å². The van der Waals surface area contributed by atoms with Crippen LogP contribution in [0.4, 0.5) is 11.6 Å². The zero-order chi connectivity index (χ0) is 24.1. The van der Waals surface area contributed by atoms with E-state index in [0.717, 1.165) is 50.9 Å². The van der Waals surface area contributed by atoms with Gasteiger partial charge in [0, 0.05) is 23.6 Å². The van der Waals surface area contributed by atoms with Gasteiger partial charge in [-0.3, -0.25) is 9.59 Å². The Kier molecular flexibility index (Phi) is 7.53. The predicted octanol–water partition coefficient (Wildman–Crippen LogP) is 3.45. The van der Waals surface area contributed by atoms with E-state index in [1.807, 2.05) is 24.3 Å². The van der Waals surface area contributed by atoms with Gasteiger partial charge in [-0.2, -0.15) is 5.26 Å². The first-order chi connectivity index (χ1) is 16.4. The number of amides is 1. The van der Waals surface area contributed by atoms with Crippen LogP contribution in [0.25, 0.3) is 0 Å². The van der Waals surface area contributed by atoms with Crippen molar-refractivity contribution >= 4 is 23.3 Å². The number of carbonyl (C=O) groups excluding carboxylic acids is 2. The van der Waals surface area contributed by atoms with Crippen molar-refractivity contribution in [3.05, 3.63) is 47.3 Å². The molecule has 1 aromatic heterocycles. The van der Waals surface area contributed by atoms with Gasteiger partial charge in [-0.25, -0.2) is 9.97 Å². The summed E-state index contributed by atoms with van der Waals surface area (Å²) in [6.45, 7) is 2.11. The van der Waals surface area contributed by atoms with E-state index in [0.29, 0.717) is 41.5 Å². The van der Waals surface area contributed by atoms with Crippen molar-refractivity contribution in [1.29, 1.82) is 5.26 Å². The molecule has 0 bridgehead atoms. The molecule has 1 aliphatic carbocycles. The lowest BCUT2D eigenvalue weighted by molar-refractivity contribution is -0.122. The molecule has 2 aromatic rings. The molecule has 4 rings (SSSR count). The molecule has 34 heavy (non-hydrogen) atoms. The number of likely N-dealkylation sites (tertiary alicyclic amines) is 1. The number of ketones is 1. The van der Waals surface area contributed by atoms with Crippen molar-refractivity contribution in [3.63, 3.8) is 0 Å². The summed E-state index contributed by atoms with van der Waals surface area (Å²) in [6, 6.07) is 9.52. The number of hydrogen-bond donors (Lipinski definition) is 2. The molecule has 8 nitrogen and oxygen atoms in total. The van der Waals surface area contributed by atoms with Gasteiger partial charge in [0.1, 0.15) is 6.07 Å². The number of anilines is 2. The number of nitrogens with one attached hydrogen (secondary N) is 1. The first kappa shape index (κ1) is 23.8. The van der Waals surface area contributed by atoms with Crippen LogP contribution in [-0.4, -0.2) is 46.7 Å². The Morgan fingerprint density at radius 3 is 2.59 bits per heavy atom. The van der Waals surface area contributed by atoms with E-state index >= 15 is 0 Å². The molecule has 0 spiro atoms. The Bertz CT molecular complexity index is 1070. The standard InChI is InChI=1S/C26H32N6O2/c1-32-11-9-17(10-12-32)13-24(33)18-5-7-21(8-6-18)30-26-29-16-20(15-27)23(31-26)14-19-3-2-4-22(19)25(28)34/h5-8,16-17,19,22H,2-4,9-14H2,1H3,(H2,28,34)(H,29,30,31)/t19-,22-/m0/s1. The van der Waals surface area contributed by atoms with Crippen LogP contribution >= 0.6 is 0 Å². The first-order valence-corrected chi connectivity index (χ1v) is 12.1. The summed E-state index contributed by atoms with van der Waals surface area (Å²) >= 11 is 0. The second-order valence-electron chi connectivity index (χ2n) is 9.65. The summed E-state index contributed by atoms with van der Waals surface area (Å²) in [4.78, 5) is 35.6. The number of nitrogens with zero attached hydrogens (tertiary/aromatic N) is 4. The Hall–Kier alpha value is -3.31. The third kappa shape index (κ3) is 5.78. The second-order valence-corrected chi connectivity index (χ2v) is 9.65. The average molecular weight is 461 g/mol. The highest BCUT2D eigenvalue weighted by Gasteiger charge is 2.32. The third-order valence-corrected chi connectivity index (χ3v) is 7.24. The monoisotopic (exact) mass is 460 g/mol. The number of aromatic nitrogens is 2. The minimum atomic E-state index is -0.279. The van der Waals surface area contributed by atoms with Crippen LogP contribution in [0.15, 0.2) is 30.5 Å². The number of benzene rings is 1. The second kappa shape index (κ2) is 10.7. The number of nitriles is 1. The minimum Gasteiger partial charge on any atom is -0.369 e. The molecule has 1 aliphatic heterocycles. The van der Waals surface area contributed by atoms with Crippen LogP contribution < -0.4 is 11.1 Å². The van der Waals surface area contributed by atoms with Crippen LogP contribution in [0.3, 0.4) is 0 Å². The quantitative estimate of drug-likeness (QED) is 0.578. The van der Waals surface area contributed by atoms with Gasteiger partial charge in [-0.15, -0.1) is 0 Å². The molecule has 1 aromatic carbocycles. The molecule has 0 radical (unpaired) electrons. The van der Waals surface area contributed by atoms with Crippen LogP contribution in [0.1, 0.15) is 60.1 Å². The Morgan fingerprint density at radius 1 is 1.18 bits per heavy atom.